The SMILES string of the molecule is O=C(O)/C=C/C(=O)N1CCN(c2nccc(C(F)(F)F)n2)CC1. The van der Waals surface area contributed by atoms with E-state index in [4.69, 9.17) is 5.11 Å². The maximum absolute atomic E-state index is 12.6. The second-order valence-electron chi connectivity index (χ2n) is 4.72. The van der Waals surface area contributed by atoms with E-state index in [9.17, 15) is 22.8 Å². The fraction of sp³-hybridized carbons (Fsp3) is 0.385. The Morgan fingerprint density at radius 1 is 1.17 bits per heavy atom. The molecular weight excluding hydrogens is 317 g/mol. The molecule has 124 valence electrons. The van der Waals surface area contributed by atoms with Crippen molar-refractivity contribution in [3.63, 3.8) is 0 Å². The van der Waals surface area contributed by atoms with Crippen molar-refractivity contribution in [3.05, 3.63) is 30.1 Å². The number of carbonyl (C=O) groups is 2. The summed E-state index contributed by atoms with van der Waals surface area (Å²) in [5, 5.41) is 8.47. The monoisotopic (exact) mass is 330 g/mol. The van der Waals surface area contributed by atoms with E-state index in [2.05, 4.69) is 9.97 Å². The molecule has 1 N–H and O–H groups in total. The summed E-state index contributed by atoms with van der Waals surface area (Å²) in [6.45, 7) is 0.993. The van der Waals surface area contributed by atoms with Crippen molar-refractivity contribution in [1.82, 2.24) is 14.9 Å². The predicted molar refractivity (Wildman–Crippen MR) is 72.6 cm³/mol. The van der Waals surface area contributed by atoms with Crippen LogP contribution in [-0.4, -0.2) is 58.0 Å². The Hall–Kier alpha value is -2.65. The Morgan fingerprint density at radius 2 is 1.83 bits per heavy atom. The van der Waals surface area contributed by atoms with Crippen LogP contribution in [0, 0.1) is 0 Å². The van der Waals surface area contributed by atoms with Gasteiger partial charge in [0, 0.05) is 44.5 Å². The van der Waals surface area contributed by atoms with Gasteiger partial charge in [0.15, 0.2) is 0 Å². The van der Waals surface area contributed by atoms with Crippen molar-refractivity contribution in [3.8, 4) is 0 Å². The van der Waals surface area contributed by atoms with E-state index in [1.54, 1.807) is 4.90 Å². The minimum atomic E-state index is -4.54. The molecule has 0 aliphatic carbocycles. The number of halogens is 3. The second-order valence-corrected chi connectivity index (χ2v) is 4.72. The van der Waals surface area contributed by atoms with E-state index in [0.29, 0.717) is 0 Å². The number of piperazine rings is 1. The number of aliphatic carboxylic acids is 1. The van der Waals surface area contributed by atoms with Crippen LogP contribution in [0.5, 0.6) is 0 Å². The highest BCUT2D eigenvalue weighted by atomic mass is 19.4. The summed E-state index contributed by atoms with van der Waals surface area (Å²) >= 11 is 0. The van der Waals surface area contributed by atoms with Crippen LogP contribution in [0.3, 0.4) is 0 Å². The van der Waals surface area contributed by atoms with Crippen molar-refractivity contribution >= 4 is 17.8 Å². The number of carboxylic acid groups (broad SMARTS) is 1. The summed E-state index contributed by atoms with van der Waals surface area (Å²) in [6.07, 6.45) is -1.82. The lowest BCUT2D eigenvalue weighted by molar-refractivity contribution is -0.141. The van der Waals surface area contributed by atoms with Gasteiger partial charge in [0.1, 0.15) is 5.69 Å². The van der Waals surface area contributed by atoms with Gasteiger partial charge in [-0.25, -0.2) is 14.8 Å². The van der Waals surface area contributed by atoms with E-state index in [1.165, 1.54) is 4.90 Å². The fourth-order valence-electron chi connectivity index (χ4n) is 2.03. The Bertz CT molecular complexity index is 625. The van der Waals surface area contributed by atoms with Crippen LogP contribution in [0.4, 0.5) is 19.1 Å². The standard InChI is InChI=1S/C13H13F3N4O3/c14-13(15,16)9-3-4-17-12(18-9)20-7-5-19(6-8-20)10(21)1-2-11(22)23/h1-4H,5-8H2,(H,22,23)/b2-1+. The number of carboxylic acids is 1. The average molecular weight is 330 g/mol. The van der Waals surface area contributed by atoms with E-state index >= 15 is 0 Å². The van der Waals surface area contributed by atoms with E-state index in [0.717, 1.165) is 24.4 Å². The molecule has 0 radical (unpaired) electrons. The second kappa shape index (κ2) is 6.63. The van der Waals surface area contributed by atoms with E-state index in [-0.39, 0.29) is 32.1 Å². The Labute approximate surface area is 129 Å². The first-order valence-electron chi connectivity index (χ1n) is 6.62. The molecule has 0 spiro atoms. The summed E-state index contributed by atoms with van der Waals surface area (Å²) in [5.74, 6) is -1.74. The molecule has 0 aromatic carbocycles. The largest absolute Gasteiger partial charge is 0.478 e. The summed E-state index contributed by atoms with van der Waals surface area (Å²) in [5.41, 5.74) is -1.02. The molecule has 1 amide bonds. The molecule has 1 aliphatic heterocycles. The number of hydrogen-bond acceptors (Lipinski definition) is 5. The van der Waals surface area contributed by atoms with Gasteiger partial charge in [-0.15, -0.1) is 0 Å². The molecular formula is C13H13F3N4O3. The highest BCUT2D eigenvalue weighted by molar-refractivity contribution is 5.94. The van der Waals surface area contributed by atoms with Gasteiger partial charge >= 0.3 is 12.1 Å². The quantitative estimate of drug-likeness (QED) is 0.825. The van der Waals surface area contributed by atoms with Crippen molar-refractivity contribution in [1.29, 1.82) is 0 Å². The van der Waals surface area contributed by atoms with Gasteiger partial charge in [-0.05, 0) is 6.07 Å². The number of hydrogen-bond donors (Lipinski definition) is 1. The molecule has 23 heavy (non-hydrogen) atoms. The smallest absolute Gasteiger partial charge is 0.433 e. The Morgan fingerprint density at radius 3 is 2.39 bits per heavy atom. The number of carbonyl (C=O) groups excluding carboxylic acids is 1. The maximum Gasteiger partial charge on any atom is 0.433 e. The molecule has 2 rings (SSSR count). The molecule has 0 atom stereocenters. The predicted octanol–water partition coefficient (Wildman–Crippen LogP) is 0.785. The van der Waals surface area contributed by atoms with Crippen LogP contribution in [0.1, 0.15) is 5.69 Å². The molecule has 0 bridgehead atoms. The zero-order valence-corrected chi connectivity index (χ0v) is 11.8. The van der Waals surface area contributed by atoms with Gasteiger partial charge in [0.25, 0.3) is 0 Å². The highest BCUT2D eigenvalue weighted by Gasteiger charge is 2.33. The summed E-state index contributed by atoms with van der Waals surface area (Å²) in [4.78, 5) is 32.3. The fourth-order valence-corrected chi connectivity index (χ4v) is 2.03. The summed E-state index contributed by atoms with van der Waals surface area (Å²) in [6, 6.07) is 0.792. The number of nitrogens with zero attached hydrogens (tertiary/aromatic N) is 4. The molecule has 2 heterocycles. The van der Waals surface area contributed by atoms with Crippen LogP contribution < -0.4 is 4.90 Å². The molecule has 1 aliphatic rings. The number of aromatic nitrogens is 2. The third-order valence-electron chi connectivity index (χ3n) is 3.18. The highest BCUT2D eigenvalue weighted by Crippen LogP contribution is 2.28. The van der Waals surface area contributed by atoms with Crippen molar-refractivity contribution in [2.24, 2.45) is 0 Å². The molecule has 1 aromatic rings. The first kappa shape index (κ1) is 16.7. The van der Waals surface area contributed by atoms with Crippen LogP contribution in [0.15, 0.2) is 24.4 Å². The van der Waals surface area contributed by atoms with Crippen molar-refractivity contribution in [2.45, 2.75) is 6.18 Å². The number of alkyl halides is 3. The molecule has 1 saturated heterocycles. The molecule has 0 unspecified atom stereocenters. The number of anilines is 1. The minimum absolute atomic E-state index is 0.0481. The van der Waals surface area contributed by atoms with Gasteiger partial charge < -0.3 is 14.9 Å². The van der Waals surface area contributed by atoms with Crippen LogP contribution in [0.25, 0.3) is 0 Å². The van der Waals surface area contributed by atoms with E-state index in [1.807, 2.05) is 0 Å². The van der Waals surface area contributed by atoms with Gasteiger partial charge in [-0.3, -0.25) is 4.79 Å². The first-order chi connectivity index (χ1) is 10.8. The third-order valence-corrected chi connectivity index (χ3v) is 3.18. The number of rotatable bonds is 3. The minimum Gasteiger partial charge on any atom is -0.478 e. The topological polar surface area (TPSA) is 86.6 Å². The average Bonchev–Trinajstić information content (AvgIpc) is 2.52. The van der Waals surface area contributed by atoms with Gasteiger partial charge in [0.05, 0.1) is 0 Å². The van der Waals surface area contributed by atoms with Gasteiger partial charge in [-0.2, -0.15) is 13.2 Å². The lowest BCUT2D eigenvalue weighted by atomic mass is 10.3. The molecule has 1 aromatic heterocycles. The summed E-state index contributed by atoms with van der Waals surface area (Å²) < 4.78 is 37.9. The van der Waals surface area contributed by atoms with Crippen LogP contribution in [0.2, 0.25) is 0 Å². The van der Waals surface area contributed by atoms with Crippen LogP contribution in [-0.2, 0) is 15.8 Å². The van der Waals surface area contributed by atoms with Crippen molar-refractivity contribution in [2.75, 3.05) is 31.1 Å². The molecule has 1 fully saturated rings. The zero-order chi connectivity index (χ0) is 17.0. The first-order valence-corrected chi connectivity index (χ1v) is 6.62. The lowest BCUT2D eigenvalue weighted by Gasteiger charge is -2.34. The normalized spacial score (nSPS) is 16.0. The van der Waals surface area contributed by atoms with Gasteiger partial charge in [0.2, 0.25) is 11.9 Å². The lowest BCUT2D eigenvalue weighted by Crippen LogP contribution is -2.49. The third kappa shape index (κ3) is 4.41. The Kier molecular flexibility index (Phi) is 4.82. The maximum atomic E-state index is 12.6. The summed E-state index contributed by atoms with van der Waals surface area (Å²) in [7, 11) is 0. The number of amides is 1. The molecule has 0 saturated carbocycles. The van der Waals surface area contributed by atoms with Crippen LogP contribution >= 0.6 is 0 Å². The van der Waals surface area contributed by atoms with Crippen molar-refractivity contribution < 1.29 is 27.9 Å². The molecule has 10 heteroatoms. The molecule has 7 nitrogen and oxygen atoms in total. The van der Waals surface area contributed by atoms with Gasteiger partial charge in [-0.1, -0.05) is 0 Å². The Balaban J connectivity index is 1.99. The van der Waals surface area contributed by atoms with E-state index < -0.39 is 23.7 Å². The zero-order valence-electron chi connectivity index (χ0n) is 11.8.